The van der Waals surface area contributed by atoms with Crippen molar-refractivity contribution in [2.24, 2.45) is 0 Å². The molecule has 0 atom stereocenters. The van der Waals surface area contributed by atoms with Crippen LogP contribution in [0.5, 0.6) is 0 Å². The number of anilines is 1. The summed E-state index contributed by atoms with van der Waals surface area (Å²) in [5.74, 6) is 1.03. The summed E-state index contributed by atoms with van der Waals surface area (Å²) in [6.07, 6.45) is 2.25. The molecule has 1 N–H and O–H groups in total. The summed E-state index contributed by atoms with van der Waals surface area (Å²) in [6, 6.07) is 3.97. The molecule has 0 amide bonds. The lowest BCUT2D eigenvalue weighted by Gasteiger charge is -2.23. The quantitative estimate of drug-likeness (QED) is 0.803. The topological polar surface area (TPSA) is 36.4 Å². The Hall–Kier alpha value is -1.09. The number of aromatic nitrogens is 1. The van der Waals surface area contributed by atoms with E-state index < -0.39 is 0 Å². The van der Waals surface area contributed by atoms with Gasteiger partial charge in [-0.25, -0.2) is 4.98 Å². The smallest absolute Gasteiger partial charge is 0.128 e. The molecule has 16 heavy (non-hydrogen) atoms. The predicted octanol–water partition coefficient (Wildman–Crippen LogP) is 2.51. The second kappa shape index (κ2) is 6.48. The van der Waals surface area contributed by atoms with Gasteiger partial charge in [0.1, 0.15) is 5.82 Å². The summed E-state index contributed by atoms with van der Waals surface area (Å²) < 4.78 is 0. The Morgan fingerprint density at radius 2 is 1.81 bits per heavy atom. The van der Waals surface area contributed by atoms with E-state index in [4.69, 9.17) is 5.11 Å². The summed E-state index contributed by atoms with van der Waals surface area (Å²) in [5.41, 5.74) is 1.84. The van der Waals surface area contributed by atoms with Crippen molar-refractivity contribution in [2.75, 3.05) is 18.0 Å². The van der Waals surface area contributed by atoms with Gasteiger partial charge in [0.15, 0.2) is 0 Å². The molecule has 3 heteroatoms. The van der Waals surface area contributed by atoms with Crippen molar-refractivity contribution < 1.29 is 5.11 Å². The van der Waals surface area contributed by atoms with E-state index in [1.165, 1.54) is 0 Å². The number of pyridine rings is 1. The molecule has 3 nitrogen and oxygen atoms in total. The Labute approximate surface area is 98.1 Å². The van der Waals surface area contributed by atoms with Crippen LogP contribution in [0.3, 0.4) is 0 Å². The van der Waals surface area contributed by atoms with Crippen molar-refractivity contribution >= 4 is 5.82 Å². The minimum absolute atomic E-state index is 0.0701. The highest BCUT2D eigenvalue weighted by atomic mass is 16.3. The normalized spacial score (nSPS) is 10.5. The first kappa shape index (κ1) is 13.0. The second-order valence-electron chi connectivity index (χ2n) is 4.06. The van der Waals surface area contributed by atoms with Crippen LogP contribution in [-0.2, 0) is 6.61 Å². The lowest BCUT2D eigenvalue weighted by molar-refractivity contribution is 0.280. The zero-order valence-electron chi connectivity index (χ0n) is 10.5. The SMILES string of the molecule is CCCN(CCC)c1ccc(CO)c(C)n1. The lowest BCUT2D eigenvalue weighted by Crippen LogP contribution is -2.26. The maximum atomic E-state index is 9.10. The van der Waals surface area contributed by atoms with Crippen LogP contribution in [0.2, 0.25) is 0 Å². The first-order valence-corrected chi connectivity index (χ1v) is 6.05. The Morgan fingerprint density at radius 3 is 2.25 bits per heavy atom. The molecule has 0 saturated heterocycles. The van der Waals surface area contributed by atoms with E-state index in [1.807, 2.05) is 19.1 Å². The van der Waals surface area contributed by atoms with Gasteiger partial charge in [-0.2, -0.15) is 0 Å². The Morgan fingerprint density at radius 1 is 1.19 bits per heavy atom. The van der Waals surface area contributed by atoms with Gasteiger partial charge >= 0.3 is 0 Å². The summed E-state index contributed by atoms with van der Waals surface area (Å²) >= 11 is 0. The van der Waals surface area contributed by atoms with E-state index in [1.54, 1.807) is 0 Å². The second-order valence-corrected chi connectivity index (χ2v) is 4.06. The molecule has 1 rings (SSSR count). The number of hydrogen-bond donors (Lipinski definition) is 1. The van der Waals surface area contributed by atoms with Gasteiger partial charge in [-0.1, -0.05) is 19.9 Å². The molecule has 0 unspecified atom stereocenters. The standard InChI is InChI=1S/C13H22N2O/c1-4-8-15(9-5-2)13-7-6-12(10-16)11(3)14-13/h6-7,16H,4-5,8-10H2,1-3H3. The van der Waals surface area contributed by atoms with Crippen LogP contribution in [0.1, 0.15) is 37.9 Å². The van der Waals surface area contributed by atoms with Gasteiger partial charge in [-0.05, 0) is 31.4 Å². The molecule has 0 spiro atoms. The van der Waals surface area contributed by atoms with Crippen LogP contribution >= 0.6 is 0 Å². The van der Waals surface area contributed by atoms with Crippen molar-refractivity contribution in [1.82, 2.24) is 4.98 Å². The van der Waals surface area contributed by atoms with Crippen LogP contribution < -0.4 is 4.90 Å². The fourth-order valence-electron chi connectivity index (χ4n) is 1.80. The molecule has 0 radical (unpaired) electrons. The van der Waals surface area contributed by atoms with Gasteiger partial charge < -0.3 is 10.0 Å². The highest BCUT2D eigenvalue weighted by Gasteiger charge is 2.07. The number of hydrogen-bond acceptors (Lipinski definition) is 3. The van der Waals surface area contributed by atoms with Crippen molar-refractivity contribution in [2.45, 2.75) is 40.2 Å². The largest absolute Gasteiger partial charge is 0.392 e. The molecule has 1 aromatic heterocycles. The summed E-state index contributed by atoms with van der Waals surface area (Å²) in [4.78, 5) is 6.85. The number of aliphatic hydroxyl groups is 1. The number of nitrogens with zero attached hydrogens (tertiary/aromatic N) is 2. The van der Waals surface area contributed by atoms with E-state index in [9.17, 15) is 0 Å². The molecular weight excluding hydrogens is 200 g/mol. The van der Waals surface area contributed by atoms with E-state index in [0.717, 1.165) is 43.0 Å². The Balaban J connectivity index is 2.87. The van der Waals surface area contributed by atoms with E-state index in [0.29, 0.717) is 0 Å². The summed E-state index contributed by atoms with van der Waals surface area (Å²) in [7, 11) is 0. The maximum Gasteiger partial charge on any atom is 0.128 e. The maximum absolute atomic E-state index is 9.10. The highest BCUT2D eigenvalue weighted by Crippen LogP contribution is 2.15. The van der Waals surface area contributed by atoms with Gasteiger partial charge in [0.25, 0.3) is 0 Å². The van der Waals surface area contributed by atoms with Gasteiger partial charge in [-0.15, -0.1) is 0 Å². The first-order valence-electron chi connectivity index (χ1n) is 6.05. The van der Waals surface area contributed by atoms with Crippen molar-refractivity contribution in [1.29, 1.82) is 0 Å². The average Bonchev–Trinajstić information content (AvgIpc) is 2.28. The fourth-order valence-corrected chi connectivity index (χ4v) is 1.80. The zero-order chi connectivity index (χ0) is 12.0. The number of aliphatic hydroxyl groups excluding tert-OH is 1. The van der Waals surface area contributed by atoms with E-state index in [-0.39, 0.29) is 6.61 Å². The van der Waals surface area contributed by atoms with Crippen LogP contribution in [0, 0.1) is 6.92 Å². The fraction of sp³-hybridized carbons (Fsp3) is 0.615. The number of aryl methyl sites for hydroxylation is 1. The van der Waals surface area contributed by atoms with Crippen LogP contribution in [0.25, 0.3) is 0 Å². The predicted molar refractivity (Wildman–Crippen MR) is 67.7 cm³/mol. The minimum atomic E-state index is 0.0701. The molecule has 0 aromatic carbocycles. The molecule has 1 aromatic rings. The molecule has 0 saturated carbocycles. The van der Waals surface area contributed by atoms with Gasteiger partial charge in [0.05, 0.1) is 6.61 Å². The number of rotatable bonds is 6. The van der Waals surface area contributed by atoms with Gasteiger partial charge in [0.2, 0.25) is 0 Å². The molecule has 0 fully saturated rings. The first-order chi connectivity index (χ1) is 7.72. The van der Waals surface area contributed by atoms with Crippen molar-refractivity contribution in [3.63, 3.8) is 0 Å². The third-order valence-corrected chi connectivity index (χ3v) is 2.66. The summed E-state index contributed by atoms with van der Waals surface area (Å²) in [6.45, 7) is 8.46. The molecule has 0 aliphatic carbocycles. The molecule has 0 aliphatic heterocycles. The molecule has 0 bridgehead atoms. The molecule has 1 heterocycles. The molecule has 0 aliphatic rings. The van der Waals surface area contributed by atoms with Crippen LogP contribution in [0.4, 0.5) is 5.82 Å². The van der Waals surface area contributed by atoms with Crippen LogP contribution in [-0.4, -0.2) is 23.2 Å². The summed E-state index contributed by atoms with van der Waals surface area (Å²) in [5, 5.41) is 9.10. The Bertz CT molecular complexity index is 320. The monoisotopic (exact) mass is 222 g/mol. The Kier molecular flexibility index (Phi) is 5.26. The lowest BCUT2D eigenvalue weighted by atomic mass is 10.2. The minimum Gasteiger partial charge on any atom is -0.392 e. The molecular formula is C13H22N2O. The van der Waals surface area contributed by atoms with Gasteiger partial charge in [-0.3, -0.25) is 0 Å². The highest BCUT2D eigenvalue weighted by molar-refractivity contribution is 5.41. The van der Waals surface area contributed by atoms with Crippen molar-refractivity contribution in [3.8, 4) is 0 Å². The third-order valence-electron chi connectivity index (χ3n) is 2.66. The average molecular weight is 222 g/mol. The third kappa shape index (κ3) is 3.20. The van der Waals surface area contributed by atoms with Gasteiger partial charge in [0, 0.05) is 18.8 Å². The van der Waals surface area contributed by atoms with E-state index >= 15 is 0 Å². The zero-order valence-corrected chi connectivity index (χ0v) is 10.5. The molecule has 90 valence electrons. The van der Waals surface area contributed by atoms with Crippen LogP contribution in [0.15, 0.2) is 12.1 Å². The van der Waals surface area contributed by atoms with Crippen molar-refractivity contribution in [3.05, 3.63) is 23.4 Å². The van der Waals surface area contributed by atoms with E-state index in [2.05, 4.69) is 23.7 Å².